The third kappa shape index (κ3) is 4.50. The molecule has 0 fully saturated rings. The molecule has 0 aliphatic carbocycles. The number of benzene rings is 2. The molecule has 3 rings (SSSR count). The van der Waals surface area contributed by atoms with Gasteiger partial charge in [0, 0.05) is 0 Å². The summed E-state index contributed by atoms with van der Waals surface area (Å²) in [5, 5.41) is 3.58. The van der Waals surface area contributed by atoms with Crippen molar-refractivity contribution in [3.8, 4) is 5.75 Å². The number of nitrogens with one attached hydrogen (secondary N) is 2. The minimum absolute atomic E-state index is 0.0351. The van der Waals surface area contributed by atoms with Crippen LogP contribution < -0.4 is 10.1 Å². The van der Waals surface area contributed by atoms with Gasteiger partial charge in [0.25, 0.3) is 0 Å². The van der Waals surface area contributed by atoms with Crippen LogP contribution in [0.25, 0.3) is 11.0 Å². The van der Waals surface area contributed by atoms with Crippen LogP contribution in [-0.2, 0) is 4.79 Å². The van der Waals surface area contributed by atoms with Gasteiger partial charge in [0.2, 0.25) is 5.91 Å². The maximum Gasteiger partial charge on any atom is 0.230 e. The summed E-state index contributed by atoms with van der Waals surface area (Å²) < 4.78 is 5.52. The summed E-state index contributed by atoms with van der Waals surface area (Å²) in [6.45, 7) is 0.930. The van der Waals surface area contributed by atoms with E-state index in [2.05, 4.69) is 15.3 Å². The van der Waals surface area contributed by atoms with Crippen LogP contribution in [0.4, 0.5) is 0 Å². The molecule has 0 saturated carbocycles. The fraction of sp³-hybridized carbons (Fsp3) is 0.176. The monoisotopic (exact) mass is 327 g/mol. The molecule has 0 aliphatic heterocycles. The second-order valence-electron chi connectivity index (χ2n) is 4.86. The predicted molar refractivity (Wildman–Crippen MR) is 91.8 cm³/mol. The standard InChI is InChI=1S/C17H17N3O2S/c21-16(18-10-11-22-13-6-2-1-3-7-13)12-23-17-19-14-8-4-5-9-15(14)20-17/h1-9H,10-12H2,(H,18,21)(H,19,20). The summed E-state index contributed by atoms with van der Waals surface area (Å²) in [6.07, 6.45) is 0. The highest BCUT2D eigenvalue weighted by Gasteiger charge is 2.06. The number of fused-ring (bicyclic) bond motifs is 1. The van der Waals surface area contributed by atoms with E-state index in [0.717, 1.165) is 21.9 Å². The van der Waals surface area contributed by atoms with Crippen LogP contribution in [0.2, 0.25) is 0 Å². The van der Waals surface area contributed by atoms with Crippen molar-refractivity contribution in [1.29, 1.82) is 0 Å². The average molecular weight is 327 g/mol. The first-order chi connectivity index (χ1) is 11.3. The molecule has 1 amide bonds. The third-order valence-corrected chi connectivity index (χ3v) is 4.02. The molecular weight excluding hydrogens is 310 g/mol. The molecule has 0 atom stereocenters. The van der Waals surface area contributed by atoms with Crippen LogP contribution in [0.3, 0.4) is 0 Å². The van der Waals surface area contributed by atoms with Gasteiger partial charge < -0.3 is 15.0 Å². The van der Waals surface area contributed by atoms with Gasteiger partial charge in [0.15, 0.2) is 5.16 Å². The molecule has 0 bridgehead atoms. The SMILES string of the molecule is O=C(CSc1nc2ccccc2[nH]1)NCCOc1ccccc1. The number of ether oxygens (including phenoxy) is 1. The molecular formula is C17H17N3O2S. The lowest BCUT2D eigenvalue weighted by Crippen LogP contribution is -2.29. The number of H-pyrrole nitrogens is 1. The van der Waals surface area contributed by atoms with E-state index in [9.17, 15) is 4.79 Å². The van der Waals surface area contributed by atoms with Gasteiger partial charge in [-0.3, -0.25) is 4.79 Å². The van der Waals surface area contributed by atoms with Crippen molar-refractivity contribution in [2.24, 2.45) is 0 Å². The molecule has 3 aromatic rings. The normalized spacial score (nSPS) is 10.6. The number of para-hydroxylation sites is 3. The quantitative estimate of drug-likeness (QED) is 0.517. The molecule has 0 spiro atoms. The molecule has 1 heterocycles. The van der Waals surface area contributed by atoms with Gasteiger partial charge in [-0.25, -0.2) is 4.98 Å². The molecule has 0 aliphatic rings. The van der Waals surface area contributed by atoms with Crippen molar-refractivity contribution in [2.75, 3.05) is 18.9 Å². The summed E-state index contributed by atoms with van der Waals surface area (Å²) in [7, 11) is 0. The fourth-order valence-corrected chi connectivity index (χ4v) is 2.77. The van der Waals surface area contributed by atoms with Crippen molar-refractivity contribution in [3.63, 3.8) is 0 Å². The number of rotatable bonds is 7. The number of nitrogens with zero attached hydrogens (tertiary/aromatic N) is 1. The van der Waals surface area contributed by atoms with Gasteiger partial charge in [-0.2, -0.15) is 0 Å². The zero-order valence-corrected chi connectivity index (χ0v) is 13.3. The zero-order chi connectivity index (χ0) is 15.9. The highest BCUT2D eigenvalue weighted by molar-refractivity contribution is 7.99. The Kier molecular flexibility index (Phi) is 5.16. The lowest BCUT2D eigenvalue weighted by atomic mass is 10.3. The van der Waals surface area contributed by atoms with Crippen molar-refractivity contribution in [3.05, 3.63) is 54.6 Å². The first-order valence-corrected chi connectivity index (χ1v) is 8.32. The number of thioether (sulfide) groups is 1. The van der Waals surface area contributed by atoms with Crippen molar-refractivity contribution < 1.29 is 9.53 Å². The van der Waals surface area contributed by atoms with Crippen LogP contribution >= 0.6 is 11.8 Å². The predicted octanol–water partition coefficient (Wildman–Crippen LogP) is 2.85. The highest BCUT2D eigenvalue weighted by atomic mass is 32.2. The Morgan fingerprint density at radius 1 is 1.13 bits per heavy atom. The van der Waals surface area contributed by atoms with E-state index < -0.39 is 0 Å². The summed E-state index contributed by atoms with van der Waals surface area (Å²) in [5.41, 5.74) is 1.89. The first kappa shape index (κ1) is 15.4. The summed E-state index contributed by atoms with van der Waals surface area (Å²) in [6, 6.07) is 17.3. The number of aromatic nitrogens is 2. The Morgan fingerprint density at radius 3 is 2.74 bits per heavy atom. The molecule has 0 radical (unpaired) electrons. The lowest BCUT2D eigenvalue weighted by Gasteiger charge is -2.07. The van der Waals surface area contributed by atoms with Crippen LogP contribution in [0.15, 0.2) is 59.8 Å². The summed E-state index contributed by atoms with van der Waals surface area (Å²) in [4.78, 5) is 19.4. The minimum Gasteiger partial charge on any atom is -0.492 e. The maximum atomic E-state index is 11.8. The van der Waals surface area contributed by atoms with Crippen LogP contribution in [-0.4, -0.2) is 34.8 Å². The minimum atomic E-state index is -0.0351. The zero-order valence-electron chi connectivity index (χ0n) is 12.5. The largest absolute Gasteiger partial charge is 0.492 e. The number of amides is 1. The molecule has 2 N–H and O–H groups in total. The second-order valence-corrected chi connectivity index (χ2v) is 5.82. The molecule has 5 nitrogen and oxygen atoms in total. The van der Waals surface area contributed by atoms with Gasteiger partial charge in [0.1, 0.15) is 12.4 Å². The van der Waals surface area contributed by atoms with Crippen LogP contribution in [0, 0.1) is 0 Å². The Hall–Kier alpha value is -2.47. The van der Waals surface area contributed by atoms with Gasteiger partial charge >= 0.3 is 0 Å². The topological polar surface area (TPSA) is 67.0 Å². The van der Waals surface area contributed by atoms with E-state index in [-0.39, 0.29) is 5.91 Å². The second kappa shape index (κ2) is 7.69. The van der Waals surface area contributed by atoms with E-state index >= 15 is 0 Å². The number of aromatic amines is 1. The smallest absolute Gasteiger partial charge is 0.230 e. The van der Waals surface area contributed by atoms with E-state index in [1.807, 2.05) is 54.6 Å². The molecule has 0 saturated heterocycles. The van der Waals surface area contributed by atoms with Gasteiger partial charge in [-0.15, -0.1) is 0 Å². The Labute approximate surface area is 138 Å². The number of imidazole rings is 1. The molecule has 118 valence electrons. The maximum absolute atomic E-state index is 11.8. The summed E-state index contributed by atoms with van der Waals surface area (Å²) >= 11 is 1.39. The van der Waals surface area contributed by atoms with Gasteiger partial charge in [-0.1, -0.05) is 42.1 Å². The van der Waals surface area contributed by atoms with E-state index in [0.29, 0.717) is 18.9 Å². The van der Waals surface area contributed by atoms with Gasteiger partial charge in [-0.05, 0) is 24.3 Å². The van der Waals surface area contributed by atoms with E-state index in [1.54, 1.807) is 0 Å². The highest BCUT2D eigenvalue weighted by Crippen LogP contribution is 2.18. The first-order valence-electron chi connectivity index (χ1n) is 7.33. The Balaban J connectivity index is 1.38. The number of hydrogen-bond donors (Lipinski definition) is 2. The van der Waals surface area contributed by atoms with Crippen molar-refractivity contribution in [1.82, 2.24) is 15.3 Å². The Morgan fingerprint density at radius 2 is 1.91 bits per heavy atom. The molecule has 0 unspecified atom stereocenters. The lowest BCUT2D eigenvalue weighted by molar-refractivity contribution is -0.118. The summed E-state index contributed by atoms with van der Waals surface area (Å²) in [5.74, 6) is 1.09. The van der Waals surface area contributed by atoms with Crippen LogP contribution in [0.1, 0.15) is 0 Å². The molecule has 6 heteroatoms. The van der Waals surface area contributed by atoms with Crippen molar-refractivity contribution in [2.45, 2.75) is 5.16 Å². The van der Waals surface area contributed by atoms with E-state index in [4.69, 9.17) is 4.74 Å². The third-order valence-electron chi connectivity index (χ3n) is 3.14. The molecule has 23 heavy (non-hydrogen) atoms. The van der Waals surface area contributed by atoms with Crippen molar-refractivity contribution >= 4 is 28.7 Å². The molecule has 2 aromatic carbocycles. The van der Waals surface area contributed by atoms with E-state index in [1.165, 1.54) is 11.8 Å². The van der Waals surface area contributed by atoms with Crippen LogP contribution in [0.5, 0.6) is 5.75 Å². The number of hydrogen-bond acceptors (Lipinski definition) is 4. The van der Waals surface area contributed by atoms with Gasteiger partial charge in [0.05, 0.1) is 23.3 Å². The number of carbonyl (C=O) groups is 1. The average Bonchev–Trinajstić information content (AvgIpc) is 3.01. The molecule has 1 aromatic heterocycles. The number of carbonyl (C=O) groups excluding carboxylic acids is 1. The Bertz CT molecular complexity index is 741. The fourth-order valence-electron chi connectivity index (χ4n) is 2.06.